The van der Waals surface area contributed by atoms with E-state index in [4.69, 9.17) is 9.26 Å². The summed E-state index contributed by atoms with van der Waals surface area (Å²) < 4.78 is 10.7. The van der Waals surface area contributed by atoms with Gasteiger partial charge in [-0.2, -0.15) is 0 Å². The van der Waals surface area contributed by atoms with E-state index in [1.807, 2.05) is 75.4 Å². The van der Waals surface area contributed by atoms with Gasteiger partial charge in [-0.1, -0.05) is 47.6 Å². The highest BCUT2D eigenvalue weighted by atomic mass is 32.2. The predicted molar refractivity (Wildman–Crippen MR) is 116 cm³/mol. The maximum atomic E-state index is 12.7. The molecule has 0 bridgehead atoms. The van der Waals surface area contributed by atoms with Gasteiger partial charge >= 0.3 is 0 Å². The van der Waals surface area contributed by atoms with Crippen molar-refractivity contribution in [1.29, 1.82) is 0 Å². The van der Waals surface area contributed by atoms with Crippen molar-refractivity contribution in [1.82, 2.24) is 10.5 Å². The lowest BCUT2D eigenvalue weighted by Crippen LogP contribution is -2.30. The van der Waals surface area contributed by atoms with Gasteiger partial charge in [0.05, 0.1) is 24.1 Å². The number of nitrogens with zero attached hydrogens (tertiary/aromatic N) is 1. The van der Waals surface area contributed by atoms with Crippen LogP contribution in [0.4, 0.5) is 0 Å². The Morgan fingerprint density at radius 2 is 1.79 bits per heavy atom. The Morgan fingerprint density at radius 3 is 2.41 bits per heavy atom. The number of aryl methyl sites for hydroxylation is 2. The number of benzene rings is 2. The first-order valence-corrected chi connectivity index (χ1v) is 10.8. The van der Waals surface area contributed by atoms with Crippen molar-refractivity contribution in [2.75, 3.05) is 12.4 Å². The molecule has 3 rings (SSSR count). The zero-order valence-corrected chi connectivity index (χ0v) is 17.8. The molecule has 6 heteroatoms. The van der Waals surface area contributed by atoms with E-state index in [1.165, 1.54) is 0 Å². The number of nitrogens with one attached hydrogen (secondary N) is 1. The normalized spacial score (nSPS) is 11.8. The first kappa shape index (κ1) is 21.0. The van der Waals surface area contributed by atoms with E-state index in [9.17, 15) is 4.79 Å². The van der Waals surface area contributed by atoms with Gasteiger partial charge in [0.1, 0.15) is 11.5 Å². The predicted octanol–water partition coefficient (Wildman–Crippen LogP) is 4.83. The van der Waals surface area contributed by atoms with Crippen molar-refractivity contribution < 1.29 is 14.1 Å². The van der Waals surface area contributed by atoms with E-state index in [1.54, 1.807) is 11.8 Å². The maximum Gasteiger partial charge on any atom is 0.230 e. The number of carbonyl (C=O) groups is 1. The average molecular weight is 411 g/mol. The number of aromatic nitrogens is 1. The SMILES string of the molecule is CCOc1ccc([C@H](NC(=O)CSCc2c(C)noc2C)c2ccccc2)cc1. The molecule has 0 unspecified atom stereocenters. The van der Waals surface area contributed by atoms with Crippen LogP contribution in [-0.2, 0) is 10.5 Å². The maximum absolute atomic E-state index is 12.7. The Balaban J connectivity index is 1.67. The van der Waals surface area contributed by atoms with Gasteiger partial charge in [-0.3, -0.25) is 4.79 Å². The minimum Gasteiger partial charge on any atom is -0.494 e. The second-order valence-electron chi connectivity index (χ2n) is 6.71. The molecule has 3 aromatic rings. The van der Waals surface area contributed by atoms with Gasteiger partial charge in [-0.15, -0.1) is 11.8 Å². The molecule has 0 fully saturated rings. The molecule has 0 aliphatic rings. The first-order valence-electron chi connectivity index (χ1n) is 9.65. The molecular formula is C23H26N2O3S. The minimum atomic E-state index is -0.209. The number of rotatable bonds is 9. The van der Waals surface area contributed by atoms with Gasteiger partial charge in [0.25, 0.3) is 0 Å². The topological polar surface area (TPSA) is 64.4 Å². The summed E-state index contributed by atoms with van der Waals surface area (Å²) in [5, 5.41) is 7.13. The van der Waals surface area contributed by atoms with Gasteiger partial charge in [0.15, 0.2) is 0 Å². The second-order valence-corrected chi connectivity index (χ2v) is 7.69. The van der Waals surface area contributed by atoms with Crippen LogP contribution in [0.15, 0.2) is 59.1 Å². The van der Waals surface area contributed by atoms with Crippen LogP contribution < -0.4 is 10.1 Å². The molecule has 29 heavy (non-hydrogen) atoms. The molecule has 0 aliphatic heterocycles. The average Bonchev–Trinajstić information content (AvgIpc) is 3.06. The molecule has 152 valence electrons. The van der Waals surface area contributed by atoms with Gasteiger partial charge < -0.3 is 14.6 Å². The number of carbonyl (C=O) groups excluding carboxylic acids is 1. The molecule has 0 saturated carbocycles. The molecule has 1 heterocycles. The summed E-state index contributed by atoms with van der Waals surface area (Å²) in [4.78, 5) is 12.7. The third kappa shape index (κ3) is 5.64. The minimum absolute atomic E-state index is 0.00972. The largest absolute Gasteiger partial charge is 0.494 e. The van der Waals surface area contributed by atoms with Crippen LogP contribution in [0, 0.1) is 13.8 Å². The van der Waals surface area contributed by atoms with Crippen molar-refractivity contribution in [3.8, 4) is 5.75 Å². The molecule has 2 aromatic carbocycles. The summed E-state index contributed by atoms with van der Waals surface area (Å²) in [6.45, 7) is 6.40. The molecular weight excluding hydrogens is 384 g/mol. The Kier molecular flexibility index (Phi) is 7.36. The van der Waals surface area contributed by atoms with Crippen LogP contribution in [0.2, 0.25) is 0 Å². The Bertz CT molecular complexity index is 904. The smallest absolute Gasteiger partial charge is 0.230 e. The number of thioether (sulfide) groups is 1. The summed E-state index contributed by atoms with van der Waals surface area (Å²) in [7, 11) is 0. The molecule has 0 radical (unpaired) electrons. The zero-order chi connectivity index (χ0) is 20.6. The zero-order valence-electron chi connectivity index (χ0n) is 17.0. The highest BCUT2D eigenvalue weighted by Gasteiger charge is 2.17. The third-order valence-electron chi connectivity index (χ3n) is 4.62. The highest BCUT2D eigenvalue weighted by molar-refractivity contribution is 7.99. The lowest BCUT2D eigenvalue weighted by Gasteiger charge is -2.20. The van der Waals surface area contributed by atoms with Crippen LogP contribution >= 0.6 is 11.8 Å². The lowest BCUT2D eigenvalue weighted by molar-refractivity contribution is -0.119. The van der Waals surface area contributed by atoms with Gasteiger partial charge in [0.2, 0.25) is 5.91 Å². The number of amides is 1. The number of ether oxygens (including phenoxy) is 1. The Morgan fingerprint density at radius 1 is 1.10 bits per heavy atom. The number of hydrogen-bond donors (Lipinski definition) is 1. The summed E-state index contributed by atoms with van der Waals surface area (Å²) in [6.07, 6.45) is 0. The van der Waals surface area contributed by atoms with Crippen molar-refractivity contribution in [3.63, 3.8) is 0 Å². The van der Waals surface area contributed by atoms with Gasteiger partial charge in [-0.25, -0.2) is 0 Å². The Hall–Kier alpha value is -2.73. The van der Waals surface area contributed by atoms with Crippen molar-refractivity contribution in [3.05, 3.63) is 82.7 Å². The van der Waals surface area contributed by atoms with Crippen LogP contribution in [-0.4, -0.2) is 23.4 Å². The quantitative estimate of drug-likeness (QED) is 0.547. The fourth-order valence-corrected chi connectivity index (χ4v) is 4.07. The first-order chi connectivity index (χ1) is 14.1. The second kappa shape index (κ2) is 10.2. The third-order valence-corrected chi connectivity index (χ3v) is 5.58. The van der Waals surface area contributed by atoms with Crippen molar-refractivity contribution in [2.24, 2.45) is 0 Å². The van der Waals surface area contributed by atoms with Crippen molar-refractivity contribution in [2.45, 2.75) is 32.6 Å². The number of hydrogen-bond acceptors (Lipinski definition) is 5. The summed E-state index contributed by atoms with van der Waals surface area (Å²) in [5.74, 6) is 2.69. The van der Waals surface area contributed by atoms with Gasteiger partial charge in [0, 0.05) is 11.3 Å². The van der Waals surface area contributed by atoms with E-state index in [0.717, 1.165) is 33.9 Å². The molecule has 0 saturated heterocycles. The molecule has 1 N–H and O–H groups in total. The van der Waals surface area contributed by atoms with E-state index < -0.39 is 0 Å². The summed E-state index contributed by atoms with van der Waals surface area (Å²) >= 11 is 1.56. The Labute approximate surface area is 175 Å². The summed E-state index contributed by atoms with van der Waals surface area (Å²) in [6, 6.07) is 17.7. The molecule has 5 nitrogen and oxygen atoms in total. The van der Waals surface area contributed by atoms with Gasteiger partial charge in [-0.05, 0) is 44.0 Å². The summed E-state index contributed by atoms with van der Waals surface area (Å²) in [5.41, 5.74) is 4.00. The van der Waals surface area contributed by atoms with Crippen LogP contribution in [0.1, 0.15) is 41.1 Å². The van der Waals surface area contributed by atoms with Crippen LogP contribution in [0.25, 0.3) is 0 Å². The molecule has 0 aliphatic carbocycles. The van der Waals surface area contributed by atoms with Crippen molar-refractivity contribution >= 4 is 17.7 Å². The van der Waals surface area contributed by atoms with Crippen LogP contribution in [0.5, 0.6) is 5.75 Å². The lowest BCUT2D eigenvalue weighted by atomic mass is 9.98. The van der Waals surface area contributed by atoms with E-state index in [2.05, 4.69) is 10.5 Å². The van der Waals surface area contributed by atoms with E-state index in [0.29, 0.717) is 18.1 Å². The monoisotopic (exact) mass is 410 g/mol. The highest BCUT2D eigenvalue weighted by Crippen LogP contribution is 2.25. The molecule has 0 spiro atoms. The molecule has 1 aromatic heterocycles. The molecule has 1 amide bonds. The fourth-order valence-electron chi connectivity index (χ4n) is 3.08. The van der Waals surface area contributed by atoms with Crippen LogP contribution in [0.3, 0.4) is 0 Å². The van der Waals surface area contributed by atoms with E-state index >= 15 is 0 Å². The molecule has 1 atom stereocenters. The fraction of sp³-hybridized carbons (Fsp3) is 0.304. The van der Waals surface area contributed by atoms with E-state index in [-0.39, 0.29) is 11.9 Å². The standard InChI is InChI=1S/C23H26N2O3S/c1-4-27-20-12-10-19(11-13-20)23(18-8-6-5-7-9-18)24-22(26)15-29-14-21-16(2)25-28-17(21)3/h5-13,23H,4,14-15H2,1-3H3,(H,24,26)/t23-/m1/s1.